The van der Waals surface area contributed by atoms with Crippen LogP contribution in [-0.2, 0) is 6.54 Å². The van der Waals surface area contributed by atoms with Gasteiger partial charge in [0.25, 0.3) is 0 Å². The van der Waals surface area contributed by atoms with Crippen LogP contribution in [0.4, 0.5) is 5.69 Å². The second-order valence-electron chi connectivity index (χ2n) is 7.06. The van der Waals surface area contributed by atoms with Crippen molar-refractivity contribution >= 4 is 21.6 Å². The smallest absolute Gasteiger partial charge is 0.0377 e. The molecule has 0 aliphatic heterocycles. The summed E-state index contributed by atoms with van der Waals surface area (Å²) in [5, 5.41) is 3.38. The van der Waals surface area contributed by atoms with Gasteiger partial charge in [-0.05, 0) is 55.3 Å². The van der Waals surface area contributed by atoms with Gasteiger partial charge < -0.3 is 10.2 Å². The van der Waals surface area contributed by atoms with Crippen LogP contribution in [0.25, 0.3) is 0 Å². The molecule has 0 heterocycles. The van der Waals surface area contributed by atoms with Crippen molar-refractivity contribution < 1.29 is 0 Å². The van der Waals surface area contributed by atoms with Gasteiger partial charge in [-0.3, -0.25) is 0 Å². The van der Waals surface area contributed by atoms with Crippen LogP contribution >= 0.6 is 15.9 Å². The lowest BCUT2D eigenvalue weighted by atomic mass is 9.75. The van der Waals surface area contributed by atoms with Gasteiger partial charge in [0.2, 0.25) is 0 Å². The van der Waals surface area contributed by atoms with Gasteiger partial charge in [0, 0.05) is 29.8 Å². The highest BCUT2D eigenvalue weighted by Gasteiger charge is 2.29. The van der Waals surface area contributed by atoms with E-state index in [0.717, 1.165) is 13.1 Å². The van der Waals surface area contributed by atoms with Gasteiger partial charge in [-0.25, -0.2) is 0 Å². The molecule has 0 bridgehead atoms. The highest BCUT2D eigenvalue weighted by atomic mass is 79.9. The van der Waals surface area contributed by atoms with Crippen LogP contribution in [0.1, 0.15) is 52.0 Å². The van der Waals surface area contributed by atoms with Crippen molar-refractivity contribution in [3.63, 3.8) is 0 Å². The van der Waals surface area contributed by atoms with E-state index < -0.39 is 0 Å². The fourth-order valence-corrected chi connectivity index (χ4v) is 3.65. The minimum absolute atomic E-state index is 0.535. The van der Waals surface area contributed by atoms with E-state index in [2.05, 4.69) is 72.2 Å². The van der Waals surface area contributed by atoms with Crippen molar-refractivity contribution in [3.8, 4) is 0 Å². The van der Waals surface area contributed by atoms with E-state index in [1.807, 2.05) is 0 Å². The lowest BCUT2D eigenvalue weighted by Crippen LogP contribution is -2.37. The lowest BCUT2D eigenvalue weighted by molar-refractivity contribution is 0.222. The predicted molar refractivity (Wildman–Crippen MR) is 96.0 cm³/mol. The monoisotopic (exact) mass is 352 g/mol. The van der Waals surface area contributed by atoms with Crippen LogP contribution in [0.5, 0.6) is 0 Å². The van der Waals surface area contributed by atoms with Gasteiger partial charge in [0.05, 0.1) is 0 Å². The zero-order valence-corrected chi connectivity index (χ0v) is 15.5. The van der Waals surface area contributed by atoms with Crippen molar-refractivity contribution in [2.24, 2.45) is 5.41 Å². The molecule has 1 saturated carbocycles. The third kappa shape index (κ3) is 4.46. The first-order chi connectivity index (χ1) is 9.93. The Bertz CT molecular complexity index is 460. The van der Waals surface area contributed by atoms with Crippen LogP contribution in [0.3, 0.4) is 0 Å². The Hall–Kier alpha value is -0.540. The maximum absolute atomic E-state index is 3.72. The molecule has 1 fully saturated rings. The summed E-state index contributed by atoms with van der Waals surface area (Å²) >= 11 is 3.72. The van der Waals surface area contributed by atoms with Gasteiger partial charge in [0.1, 0.15) is 0 Å². The minimum Gasteiger partial charge on any atom is -0.372 e. The summed E-state index contributed by atoms with van der Waals surface area (Å²) in [6.07, 6.45) is 5.28. The molecule has 1 aliphatic carbocycles. The summed E-state index contributed by atoms with van der Waals surface area (Å²) in [4.78, 5) is 2.47. The zero-order valence-electron chi connectivity index (χ0n) is 13.9. The molecule has 1 aliphatic rings. The molecule has 0 unspecified atom stereocenters. The summed E-state index contributed by atoms with van der Waals surface area (Å²) in [5.74, 6) is 0. The van der Waals surface area contributed by atoms with E-state index in [4.69, 9.17) is 0 Å². The summed E-state index contributed by atoms with van der Waals surface area (Å²) in [7, 11) is 2.24. The third-order valence-corrected chi connectivity index (χ3v) is 5.60. The number of anilines is 1. The Labute approximate surface area is 138 Å². The molecule has 3 heteroatoms. The first-order valence-corrected chi connectivity index (χ1v) is 8.94. The van der Waals surface area contributed by atoms with Crippen LogP contribution in [-0.4, -0.2) is 19.6 Å². The van der Waals surface area contributed by atoms with Gasteiger partial charge in [-0.15, -0.1) is 0 Å². The average molecular weight is 353 g/mol. The molecular formula is C18H29BrN2. The number of hydrogen-bond donors (Lipinski definition) is 1. The van der Waals surface area contributed by atoms with Crippen LogP contribution in [0, 0.1) is 5.41 Å². The minimum atomic E-state index is 0.535. The molecule has 2 nitrogen and oxygen atoms in total. The van der Waals surface area contributed by atoms with E-state index in [1.165, 1.54) is 41.4 Å². The van der Waals surface area contributed by atoms with Gasteiger partial charge in [0.15, 0.2) is 0 Å². The largest absolute Gasteiger partial charge is 0.372 e. The highest BCUT2D eigenvalue weighted by Crippen LogP contribution is 2.38. The molecule has 21 heavy (non-hydrogen) atoms. The van der Waals surface area contributed by atoms with Crippen LogP contribution < -0.4 is 10.2 Å². The number of nitrogens with one attached hydrogen (secondary N) is 1. The fourth-order valence-electron chi connectivity index (χ4n) is 3.14. The number of hydrogen-bond acceptors (Lipinski definition) is 2. The summed E-state index contributed by atoms with van der Waals surface area (Å²) < 4.78 is 1.21. The number of halogens is 1. The fraction of sp³-hybridized carbons (Fsp3) is 0.667. The van der Waals surface area contributed by atoms with E-state index in [-0.39, 0.29) is 0 Å². The van der Waals surface area contributed by atoms with E-state index in [0.29, 0.717) is 11.5 Å². The van der Waals surface area contributed by atoms with E-state index in [1.54, 1.807) is 0 Å². The number of benzene rings is 1. The summed E-state index contributed by atoms with van der Waals surface area (Å²) in [6.45, 7) is 8.87. The Kier molecular flexibility index (Phi) is 5.73. The zero-order chi connectivity index (χ0) is 15.5. The Morgan fingerprint density at radius 2 is 1.95 bits per heavy atom. The molecule has 1 aromatic carbocycles. The molecule has 0 saturated heterocycles. The Morgan fingerprint density at radius 3 is 2.52 bits per heavy atom. The Balaban J connectivity index is 2.03. The maximum atomic E-state index is 3.72. The van der Waals surface area contributed by atoms with E-state index >= 15 is 0 Å². The molecule has 0 radical (unpaired) electrons. The molecule has 1 N–H and O–H groups in total. The second-order valence-corrected chi connectivity index (χ2v) is 7.92. The third-order valence-electron chi connectivity index (χ3n) is 4.87. The van der Waals surface area contributed by atoms with Crippen molar-refractivity contribution in [3.05, 3.63) is 28.2 Å². The van der Waals surface area contributed by atoms with Gasteiger partial charge in [-0.2, -0.15) is 0 Å². The first kappa shape index (κ1) is 16.8. The topological polar surface area (TPSA) is 15.3 Å². The van der Waals surface area contributed by atoms with Crippen molar-refractivity contribution in [1.29, 1.82) is 0 Å². The Morgan fingerprint density at radius 1 is 1.29 bits per heavy atom. The lowest BCUT2D eigenvalue weighted by Gasteiger charge is -2.39. The van der Waals surface area contributed by atoms with E-state index in [9.17, 15) is 0 Å². The number of nitrogens with zero attached hydrogens (tertiary/aromatic N) is 1. The molecule has 118 valence electrons. The quantitative estimate of drug-likeness (QED) is 0.805. The van der Waals surface area contributed by atoms with Crippen LogP contribution in [0.15, 0.2) is 22.7 Å². The molecule has 2 rings (SSSR count). The molecule has 0 aromatic heterocycles. The summed E-state index contributed by atoms with van der Waals surface area (Å²) in [5.41, 5.74) is 3.19. The van der Waals surface area contributed by atoms with Crippen molar-refractivity contribution in [1.82, 2.24) is 5.32 Å². The van der Waals surface area contributed by atoms with Crippen molar-refractivity contribution in [2.45, 2.75) is 59.0 Å². The summed E-state index contributed by atoms with van der Waals surface area (Å²) in [6, 6.07) is 7.46. The normalized spacial score (nSPS) is 18.7. The van der Waals surface area contributed by atoms with Gasteiger partial charge in [-0.1, -0.05) is 42.8 Å². The maximum Gasteiger partial charge on any atom is 0.0377 e. The average Bonchev–Trinajstić information content (AvgIpc) is 2.45. The first-order valence-electron chi connectivity index (χ1n) is 8.15. The highest BCUT2D eigenvalue weighted by molar-refractivity contribution is 9.10. The predicted octanol–water partition coefficient (Wildman–Crippen LogP) is 4.96. The molecular weight excluding hydrogens is 324 g/mol. The van der Waals surface area contributed by atoms with Crippen LogP contribution in [0.2, 0.25) is 0 Å². The second kappa shape index (κ2) is 7.15. The SMILES string of the molecule is CCNCc1ccc(N(C)C2CCC(C)(C)CC2)cc1Br. The molecule has 0 amide bonds. The molecule has 0 atom stereocenters. The molecule has 0 spiro atoms. The molecule has 1 aromatic rings. The van der Waals surface area contributed by atoms with Gasteiger partial charge >= 0.3 is 0 Å². The van der Waals surface area contributed by atoms with Crippen molar-refractivity contribution in [2.75, 3.05) is 18.5 Å². The standard InChI is InChI=1S/C18H29BrN2/c1-5-20-13-14-6-7-16(12-17(14)19)21(4)15-8-10-18(2,3)11-9-15/h6-7,12,15,20H,5,8-11,13H2,1-4H3. The number of rotatable bonds is 5.